The first-order valence-electron chi connectivity index (χ1n) is 1.43. The van der Waals surface area contributed by atoms with Crippen molar-refractivity contribution in [1.29, 1.82) is 0 Å². The molecule has 0 bridgehead atoms. The Morgan fingerprint density at radius 2 is 1.88 bits per heavy atom. The SMILES string of the molecule is O=C(S)OSC(=O)S. The van der Waals surface area contributed by atoms with Gasteiger partial charge in [0.05, 0.1) is 0 Å². The van der Waals surface area contributed by atoms with Crippen LogP contribution in [0, 0.1) is 0 Å². The molecule has 46 valence electrons. The average molecular weight is 170 g/mol. The van der Waals surface area contributed by atoms with Crippen LogP contribution in [0.3, 0.4) is 0 Å². The quantitative estimate of drug-likeness (QED) is 0.429. The number of hydrogen-bond donors (Lipinski definition) is 2. The van der Waals surface area contributed by atoms with Crippen LogP contribution in [0.5, 0.6) is 0 Å². The molecular formula is C2H2O3S3. The Morgan fingerprint density at radius 3 is 2.00 bits per heavy atom. The minimum absolute atomic E-state index is 0.339. The fraction of sp³-hybridized carbons (Fsp3) is 0. The van der Waals surface area contributed by atoms with E-state index in [1.807, 2.05) is 0 Å². The summed E-state index contributed by atoms with van der Waals surface area (Å²) in [5.74, 6) is 0. The zero-order valence-corrected chi connectivity index (χ0v) is 6.13. The van der Waals surface area contributed by atoms with Crippen molar-refractivity contribution >= 4 is 47.0 Å². The number of carbonyl (C=O) groups is 2. The molecule has 0 amide bonds. The summed E-state index contributed by atoms with van der Waals surface area (Å²) in [6.07, 6.45) is 0. The van der Waals surface area contributed by atoms with Gasteiger partial charge in [-0.1, -0.05) is 25.3 Å². The van der Waals surface area contributed by atoms with Gasteiger partial charge < -0.3 is 4.18 Å². The maximum Gasteiger partial charge on any atom is 0.376 e. The molecule has 0 radical (unpaired) electrons. The van der Waals surface area contributed by atoms with Crippen molar-refractivity contribution in [3.05, 3.63) is 0 Å². The molecule has 0 saturated carbocycles. The zero-order chi connectivity index (χ0) is 6.57. The topological polar surface area (TPSA) is 43.4 Å². The van der Waals surface area contributed by atoms with E-state index in [0.29, 0.717) is 12.0 Å². The van der Waals surface area contributed by atoms with Gasteiger partial charge in [-0.15, -0.1) is 0 Å². The summed E-state index contributed by atoms with van der Waals surface area (Å²) < 4.78 is 3.44. The molecule has 6 heteroatoms. The lowest BCUT2D eigenvalue weighted by molar-refractivity contribution is 0.234. The van der Waals surface area contributed by atoms with Crippen LogP contribution in [-0.4, -0.2) is 9.75 Å². The molecule has 0 rings (SSSR count). The number of carbonyl (C=O) groups excluding carboxylic acids is 2. The van der Waals surface area contributed by atoms with Crippen molar-refractivity contribution in [2.75, 3.05) is 0 Å². The second-order valence-electron chi connectivity index (χ2n) is 0.698. The lowest BCUT2D eigenvalue weighted by atomic mass is 11.6. The molecule has 3 nitrogen and oxygen atoms in total. The molecule has 0 N–H and O–H groups in total. The van der Waals surface area contributed by atoms with E-state index in [-0.39, 0.29) is 0 Å². The predicted molar refractivity (Wildman–Crippen MR) is 37.4 cm³/mol. The Hall–Kier alpha value is 0.190. The Kier molecular flexibility index (Phi) is 4.20. The van der Waals surface area contributed by atoms with E-state index < -0.39 is 9.75 Å². The van der Waals surface area contributed by atoms with Crippen LogP contribution in [0.15, 0.2) is 0 Å². The maximum absolute atomic E-state index is 9.86. The minimum Gasteiger partial charge on any atom is -0.374 e. The molecule has 0 fully saturated rings. The van der Waals surface area contributed by atoms with Gasteiger partial charge in [0.1, 0.15) is 12.0 Å². The average Bonchev–Trinajstić information content (AvgIpc) is 1.61. The van der Waals surface area contributed by atoms with Crippen LogP contribution in [0.2, 0.25) is 0 Å². The van der Waals surface area contributed by atoms with Crippen molar-refractivity contribution in [2.45, 2.75) is 0 Å². The lowest BCUT2D eigenvalue weighted by Gasteiger charge is -1.88. The highest BCUT2D eigenvalue weighted by Gasteiger charge is 1.98. The number of thiol groups is 2. The molecule has 0 spiro atoms. The molecule has 0 atom stereocenters. The smallest absolute Gasteiger partial charge is 0.374 e. The summed E-state index contributed by atoms with van der Waals surface area (Å²) in [6, 6.07) is 0. The first kappa shape index (κ1) is 8.19. The predicted octanol–water partition coefficient (Wildman–Crippen LogP) is 1.75. The van der Waals surface area contributed by atoms with Gasteiger partial charge in [-0.3, -0.25) is 4.79 Å². The molecular weight excluding hydrogens is 168 g/mol. The fourth-order valence-corrected chi connectivity index (χ4v) is 0.437. The van der Waals surface area contributed by atoms with Crippen molar-refractivity contribution in [1.82, 2.24) is 0 Å². The highest BCUT2D eigenvalue weighted by atomic mass is 32.2. The van der Waals surface area contributed by atoms with E-state index in [1.165, 1.54) is 0 Å². The van der Waals surface area contributed by atoms with E-state index in [2.05, 4.69) is 29.4 Å². The van der Waals surface area contributed by atoms with Crippen molar-refractivity contribution in [3.8, 4) is 0 Å². The molecule has 0 aromatic rings. The van der Waals surface area contributed by atoms with Crippen LogP contribution in [-0.2, 0) is 4.18 Å². The Labute approximate surface area is 61.2 Å². The second-order valence-corrected chi connectivity index (χ2v) is 2.48. The normalized spacial score (nSPS) is 8.25. The summed E-state index contributed by atoms with van der Waals surface area (Å²) in [5, 5.41) is -0.808. The van der Waals surface area contributed by atoms with Crippen molar-refractivity contribution < 1.29 is 13.8 Å². The van der Waals surface area contributed by atoms with Gasteiger partial charge in [0.2, 0.25) is 0 Å². The third-order valence-corrected chi connectivity index (χ3v) is 1.000. The fourth-order valence-electron chi connectivity index (χ4n) is 0.0713. The monoisotopic (exact) mass is 170 g/mol. The molecule has 0 heterocycles. The van der Waals surface area contributed by atoms with Gasteiger partial charge in [0, 0.05) is 0 Å². The highest BCUT2D eigenvalue weighted by Crippen LogP contribution is 2.09. The third-order valence-electron chi connectivity index (χ3n) is 0.184. The molecule has 8 heavy (non-hydrogen) atoms. The van der Waals surface area contributed by atoms with Crippen LogP contribution in [0.4, 0.5) is 9.59 Å². The molecule has 0 aliphatic rings. The lowest BCUT2D eigenvalue weighted by Crippen LogP contribution is -1.84. The Balaban J connectivity index is 3.18. The second kappa shape index (κ2) is 4.11. The molecule has 0 aromatic carbocycles. The minimum atomic E-state index is -0.808. The van der Waals surface area contributed by atoms with Gasteiger partial charge in [-0.25, -0.2) is 4.79 Å². The van der Waals surface area contributed by atoms with E-state index >= 15 is 0 Å². The highest BCUT2D eigenvalue weighted by molar-refractivity contribution is 8.30. The largest absolute Gasteiger partial charge is 0.376 e. The van der Waals surface area contributed by atoms with Gasteiger partial charge in [0.15, 0.2) is 0 Å². The van der Waals surface area contributed by atoms with Crippen LogP contribution >= 0.6 is 37.3 Å². The summed E-state index contributed by atoms with van der Waals surface area (Å²) in [5.41, 5.74) is 0. The van der Waals surface area contributed by atoms with Crippen molar-refractivity contribution in [3.63, 3.8) is 0 Å². The molecule has 0 saturated heterocycles. The summed E-state index contributed by atoms with van der Waals surface area (Å²) in [7, 11) is 0. The molecule has 0 aliphatic carbocycles. The standard InChI is InChI=1S/C2H2O3S3/c3-1(6)5-8-2(4)7/h(H,3,6)(H,4,7). The van der Waals surface area contributed by atoms with Crippen LogP contribution < -0.4 is 0 Å². The molecule has 0 aliphatic heterocycles. The summed E-state index contributed by atoms with van der Waals surface area (Å²) in [6.45, 7) is 0. The van der Waals surface area contributed by atoms with E-state index in [9.17, 15) is 9.59 Å². The maximum atomic E-state index is 9.86. The van der Waals surface area contributed by atoms with Gasteiger partial charge in [-0.05, 0) is 0 Å². The van der Waals surface area contributed by atoms with E-state index in [4.69, 9.17) is 0 Å². The summed E-state index contributed by atoms with van der Waals surface area (Å²) in [4.78, 5) is 19.6. The molecule has 0 unspecified atom stereocenters. The van der Waals surface area contributed by atoms with Gasteiger partial charge in [0.25, 0.3) is 4.45 Å². The number of rotatable bonds is 0. The van der Waals surface area contributed by atoms with E-state index in [0.717, 1.165) is 0 Å². The summed E-state index contributed by atoms with van der Waals surface area (Å²) >= 11 is 6.83. The van der Waals surface area contributed by atoms with Crippen LogP contribution in [0.1, 0.15) is 0 Å². The van der Waals surface area contributed by atoms with Crippen molar-refractivity contribution in [2.24, 2.45) is 0 Å². The Bertz CT molecular complexity index is 97.1. The first-order chi connectivity index (χ1) is 3.63. The third kappa shape index (κ3) is 6.19. The number of hydrogen-bond acceptors (Lipinski definition) is 4. The van der Waals surface area contributed by atoms with Gasteiger partial charge in [-0.2, -0.15) is 0 Å². The first-order valence-corrected chi connectivity index (χ1v) is 3.07. The molecule has 0 aromatic heterocycles. The Morgan fingerprint density at radius 1 is 1.38 bits per heavy atom. The zero-order valence-electron chi connectivity index (χ0n) is 3.53. The van der Waals surface area contributed by atoms with E-state index in [1.54, 1.807) is 0 Å². The van der Waals surface area contributed by atoms with Gasteiger partial charge >= 0.3 is 5.30 Å². The van der Waals surface area contributed by atoms with Crippen LogP contribution in [0.25, 0.3) is 0 Å².